The molecule has 8 heteroatoms. The summed E-state index contributed by atoms with van der Waals surface area (Å²) < 4.78 is 4.93. The monoisotopic (exact) mass is 303 g/mol. The van der Waals surface area contributed by atoms with Gasteiger partial charge in [0.15, 0.2) is 5.69 Å². The zero-order valence-corrected chi connectivity index (χ0v) is 10.5. The first-order valence-corrected chi connectivity index (χ1v) is 5.53. The van der Waals surface area contributed by atoms with Gasteiger partial charge in [-0.15, -0.1) is 0 Å². The summed E-state index contributed by atoms with van der Waals surface area (Å²) in [6.45, 7) is 1.57. The van der Waals surface area contributed by atoms with Crippen LogP contribution in [-0.2, 0) is 9.53 Å². The summed E-state index contributed by atoms with van der Waals surface area (Å²) in [6.07, 6.45) is 1.31. The number of aromatic nitrogens is 2. The molecule has 1 amide bonds. The van der Waals surface area contributed by atoms with E-state index >= 15 is 0 Å². The van der Waals surface area contributed by atoms with Crippen molar-refractivity contribution in [2.75, 3.05) is 13.2 Å². The van der Waals surface area contributed by atoms with Crippen molar-refractivity contribution in [2.24, 2.45) is 0 Å². The highest BCUT2D eigenvalue weighted by molar-refractivity contribution is 9.10. The lowest BCUT2D eigenvalue weighted by Crippen LogP contribution is -2.35. The number of rotatable bonds is 4. The molecule has 0 saturated carbocycles. The molecule has 1 heterocycles. The summed E-state index contributed by atoms with van der Waals surface area (Å²) >= 11 is 3.02. The molecule has 0 fully saturated rings. The van der Waals surface area contributed by atoms with Gasteiger partial charge in [-0.3, -0.25) is 14.4 Å². The van der Waals surface area contributed by atoms with Crippen LogP contribution >= 0.6 is 15.9 Å². The number of amides is 1. The maximum atomic E-state index is 11.5. The van der Waals surface area contributed by atoms with Gasteiger partial charge in [0.25, 0.3) is 11.5 Å². The lowest BCUT2D eigenvalue weighted by molar-refractivity contribution is -0.141. The molecule has 0 radical (unpaired) electrons. The van der Waals surface area contributed by atoms with E-state index in [0.29, 0.717) is 4.60 Å². The van der Waals surface area contributed by atoms with Gasteiger partial charge in [-0.05, 0) is 22.9 Å². The molecular weight excluding hydrogens is 294 g/mol. The molecule has 17 heavy (non-hydrogen) atoms. The Kier molecular flexibility index (Phi) is 4.83. The molecule has 1 aromatic rings. The summed E-state index contributed by atoms with van der Waals surface area (Å²) in [7, 11) is 0. The molecule has 0 spiro atoms. The minimum atomic E-state index is -0.736. The third-order valence-electron chi connectivity index (χ3n) is 1.67. The first kappa shape index (κ1) is 13.4. The Morgan fingerprint density at radius 3 is 2.94 bits per heavy atom. The highest BCUT2D eigenvalue weighted by Gasteiger charge is 2.14. The minimum Gasteiger partial charge on any atom is -0.465 e. The molecule has 1 rings (SSSR count). The van der Waals surface area contributed by atoms with E-state index in [2.05, 4.69) is 36.0 Å². The van der Waals surface area contributed by atoms with Gasteiger partial charge in [0.1, 0.15) is 11.1 Å². The number of esters is 1. The van der Waals surface area contributed by atoms with Crippen molar-refractivity contribution in [3.8, 4) is 0 Å². The van der Waals surface area contributed by atoms with Crippen LogP contribution in [0.4, 0.5) is 0 Å². The minimum absolute atomic E-state index is 0.227. The Bertz CT molecular complexity index is 485. The predicted octanol–water partition coefficient (Wildman–Crippen LogP) is -0.175. The van der Waals surface area contributed by atoms with Gasteiger partial charge >= 0.3 is 5.97 Å². The van der Waals surface area contributed by atoms with Crippen molar-refractivity contribution in [3.05, 3.63) is 26.8 Å². The van der Waals surface area contributed by atoms with Crippen molar-refractivity contribution in [3.63, 3.8) is 0 Å². The van der Waals surface area contributed by atoms with E-state index in [-0.39, 0.29) is 18.8 Å². The van der Waals surface area contributed by atoms with Gasteiger partial charge in [0, 0.05) is 6.20 Å². The number of nitrogens with zero attached hydrogens (tertiary/aromatic N) is 1. The molecular formula is C9H10BrN3O4. The summed E-state index contributed by atoms with van der Waals surface area (Å²) in [4.78, 5) is 39.8. The average molecular weight is 304 g/mol. The molecule has 0 aliphatic heterocycles. The first-order chi connectivity index (χ1) is 8.04. The number of hydrogen-bond acceptors (Lipinski definition) is 5. The largest absolute Gasteiger partial charge is 0.465 e. The van der Waals surface area contributed by atoms with Crippen LogP contribution in [0.3, 0.4) is 0 Å². The van der Waals surface area contributed by atoms with E-state index < -0.39 is 17.4 Å². The maximum absolute atomic E-state index is 11.5. The number of hydrogen-bond donors (Lipinski definition) is 2. The lowest BCUT2D eigenvalue weighted by atomic mass is 10.4. The average Bonchev–Trinajstić information content (AvgIpc) is 2.29. The molecule has 1 aromatic heterocycles. The van der Waals surface area contributed by atoms with E-state index in [0.717, 1.165) is 0 Å². The number of ether oxygens (including phenoxy) is 1. The predicted molar refractivity (Wildman–Crippen MR) is 61.5 cm³/mol. The van der Waals surface area contributed by atoms with Crippen molar-refractivity contribution >= 4 is 27.8 Å². The fraction of sp³-hybridized carbons (Fsp3) is 0.333. The molecule has 0 unspecified atom stereocenters. The number of carbonyl (C=O) groups excluding carboxylic acids is 2. The molecule has 7 nitrogen and oxygen atoms in total. The molecule has 0 aromatic carbocycles. The van der Waals surface area contributed by atoms with Gasteiger partial charge in [0.05, 0.1) is 6.61 Å². The second-order valence-corrected chi connectivity index (χ2v) is 3.70. The number of carbonyl (C=O) groups is 2. The Morgan fingerprint density at radius 1 is 1.59 bits per heavy atom. The van der Waals surface area contributed by atoms with Gasteiger partial charge in [-0.2, -0.15) is 0 Å². The normalized spacial score (nSPS) is 9.76. The zero-order chi connectivity index (χ0) is 12.8. The molecule has 0 aliphatic carbocycles. The standard InChI is InChI=1S/C9H10BrN3O4/c1-2-17-6(14)4-12-9(16)7-8(15)11-3-5(10)13-7/h3H,2,4H2,1H3,(H,11,15)(H,12,16). The van der Waals surface area contributed by atoms with Crippen LogP contribution in [0.15, 0.2) is 15.6 Å². The summed E-state index contributed by atoms with van der Waals surface area (Å²) in [6, 6.07) is 0. The molecule has 0 aliphatic rings. The number of nitrogens with one attached hydrogen (secondary N) is 2. The highest BCUT2D eigenvalue weighted by atomic mass is 79.9. The van der Waals surface area contributed by atoms with Crippen molar-refractivity contribution < 1.29 is 14.3 Å². The molecule has 0 bridgehead atoms. The fourth-order valence-corrected chi connectivity index (χ4v) is 1.28. The topological polar surface area (TPSA) is 101 Å². The maximum Gasteiger partial charge on any atom is 0.325 e. The Hall–Kier alpha value is -1.70. The second kappa shape index (κ2) is 6.14. The van der Waals surface area contributed by atoms with Crippen LogP contribution in [0.2, 0.25) is 0 Å². The van der Waals surface area contributed by atoms with E-state index in [1.165, 1.54) is 6.20 Å². The van der Waals surface area contributed by atoms with E-state index in [1.54, 1.807) is 6.92 Å². The number of aromatic amines is 1. The zero-order valence-electron chi connectivity index (χ0n) is 8.95. The smallest absolute Gasteiger partial charge is 0.325 e. The Labute approximate surface area is 105 Å². The van der Waals surface area contributed by atoms with Gasteiger partial charge < -0.3 is 15.0 Å². The van der Waals surface area contributed by atoms with E-state index in [4.69, 9.17) is 0 Å². The van der Waals surface area contributed by atoms with Crippen LogP contribution in [0.1, 0.15) is 17.4 Å². The third-order valence-corrected chi connectivity index (χ3v) is 2.08. The summed E-state index contributed by atoms with van der Waals surface area (Å²) in [5.74, 6) is -1.31. The number of halogens is 1. The molecule has 92 valence electrons. The SMILES string of the molecule is CCOC(=O)CNC(=O)c1nc(Br)c[nH]c1=O. The van der Waals surface area contributed by atoms with Crippen molar-refractivity contribution in [1.82, 2.24) is 15.3 Å². The van der Waals surface area contributed by atoms with Crippen molar-refractivity contribution in [2.45, 2.75) is 6.92 Å². The summed E-state index contributed by atoms with van der Waals surface area (Å²) in [5, 5.41) is 2.23. The van der Waals surface area contributed by atoms with Gasteiger partial charge in [-0.1, -0.05) is 0 Å². The Balaban J connectivity index is 2.67. The second-order valence-electron chi connectivity index (χ2n) is 2.89. The lowest BCUT2D eigenvalue weighted by Gasteiger charge is -2.03. The van der Waals surface area contributed by atoms with Crippen LogP contribution in [0, 0.1) is 0 Å². The van der Waals surface area contributed by atoms with Crippen LogP contribution in [-0.4, -0.2) is 35.0 Å². The Morgan fingerprint density at radius 2 is 2.29 bits per heavy atom. The summed E-state index contributed by atoms with van der Waals surface area (Å²) in [5.41, 5.74) is -0.946. The molecule has 2 N–H and O–H groups in total. The number of H-pyrrole nitrogens is 1. The highest BCUT2D eigenvalue weighted by Crippen LogP contribution is 2.00. The van der Waals surface area contributed by atoms with E-state index in [9.17, 15) is 14.4 Å². The molecule has 0 saturated heterocycles. The fourth-order valence-electron chi connectivity index (χ4n) is 0.985. The third kappa shape index (κ3) is 3.99. The van der Waals surface area contributed by atoms with E-state index in [1.807, 2.05) is 0 Å². The van der Waals surface area contributed by atoms with Crippen LogP contribution in [0.5, 0.6) is 0 Å². The first-order valence-electron chi connectivity index (χ1n) is 4.73. The van der Waals surface area contributed by atoms with Crippen LogP contribution < -0.4 is 10.9 Å². The van der Waals surface area contributed by atoms with Crippen LogP contribution in [0.25, 0.3) is 0 Å². The quantitative estimate of drug-likeness (QED) is 0.752. The molecule has 0 atom stereocenters. The van der Waals surface area contributed by atoms with Gasteiger partial charge in [-0.25, -0.2) is 4.98 Å². The van der Waals surface area contributed by atoms with Crippen molar-refractivity contribution in [1.29, 1.82) is 0 Å². The van der Waals surface area contributed by atoms with Gasteiger partial charge in [0.2, 0.25) is 0 Å².